The van der Waals surface area contributed by atoms with Gasteiger partial charge in [-0.2, -0.15) is 0 Å². The molecule has 1 aromatic carbocycles. The van der Waals surface area contributed by atoms with Crippen molar-refractivity contribution < 1.29 is 37.4 Å². The van der Waals surface area contributed by atoms with Crippen LogP contribution in [0.1, 0.15) is 36.0 Å². The summed E-state index contributed by atoms with van der Waals surface area (Å²) in [7, 11) is 0. The monoisotopic (exact) mass is 591 g/mol. The number of hydrogen-bond acceptors (Lipinski definition) is 9. The van der Waals surface area contributed by atoms with E-state index in [9.17, 15) is 23.9 Å². The average Bonchev–Trinajstić information content (AvgIpc) is 3.63. The summed E-state index contributed by atoms with van der Waals surface area (Å²) in [4.78, 5) is 49.2. The molecule has 10 nitrogen and oxygen atoms in total. The smallest absolute Gasteiger partial charge is 0.338 e. The first-order valence-corrected chi connectivity index (χ1v) is 13.9. The zero-order chi connectivity index (χ0) is 29.6. The number of aliphatic imine (C=N–C) groups is 1. The van der Waals surface area contributed by atoms with Crippen LogP contribution in [0.3, 0.4) is 0 Å². The lowest BCUT2D eigenvalue weighted by Crippen LogP contribution is -2.46. The maximum Gasteiger partial charge on any atom is 0.338 e. The van der Waals surface area contributed by atoms with Gasteiger partial charge in [0.25, 0.3) is 5.92 Å². The summed E-state index contributed by atoms with van der Waals surface area (Å²) in [6.45, 7) is 3.25. The minimum Gasteiger partial charge on any atom is -0.480 e. The molecule has 0 bridgehead atoms. The Morgan fingerprint density at radius 2 is 2.10 bits per heavy atom. The van der Waals surface area contributed by atoms with Gasteiger partial charge in [-0.3, -0.25) is 14.7 Å². The van der Waals surface area contributed by atoms with Crippen molar-refractivity contribution in [1.82, 2.24) is 20.1 Å². The predicted octanol–water partition coefficient (Wildman–Crippen LogP) is 2.75. The summed E-state index contributed by atoms with van der Waals surface area (Å²) in [5, 5.41) is 14.7. The van der Waals surface area contributed by atoms with E-state index in [0.717, 1.165) is 4.90 Å². The molecule has 1 aromatic heterocycles. The predicted molar refractivity (Wildman–Crippen MR) is 142 cm³/mol. The van der Waals surface area contributed by atoms with Crippen molar-refractivity contribution in [2.24, 2.45) is 10.9 Å². The van der Waals surface area contributed by atoms with Crippen molar-refractivity contribution in [3.05, 3.63) is 63.0 Å². The first-order chi connectivity index (χ1) is 19.4. The fourth-order valence-corrected chi connectivity index (χ4v) is 6.23. The standard InChI is InChI=1S/C27H28F3N5O5S/c1-4-40-26(39)19-17(10-34-12-27(29,30)20-18(34)11-35(24(20)36)14(3)25(37)38)32-22(23-31-8-9-41-23)33-21(19)15-6-5-7-16(28)13(15)2/h5-9,14,18,20-21H,4,10-12H2,1-3H3,(H,32,33)(H,37,38)/t14-,18-,20?,21-/m0/s1. The number of carbonyl (C=O) groups excluding carboxylic acids is 2. The molecular weight excluding hydrogens is 563 g/mol. The Balaban J connectivity index is 1.59. The summed E-state index contributed by atoms with van der Waals surface area (Å²) in [6.07, 6.45) is 1.56. The van der Waals surface area contributed by atoms with E-state index < -0.39 is 60.2 Å². The number of aromatic nitrogens is 1. The van der Waals surface area contributed by atoms with Crippen molar-refractivity contribution in [1.29, 1.82) is 0 Å². The molecule has 1 unspecified atom stereocenters. The number of ether oxygens (including phenoxy) is 1. The zero-order valence-electron chi connectivity index (χ0n) is 22.4. The number of carbonyl (C=O) groups is 3. The second-order valence-electron chi connectivity index (χ2n) is 10.1. The lowest BCUT2D eigenvalue weighted by Gasteiger charge is -2.32. The SMILES string of the molecule is CCOC(=O)C1=C(CN2CC(F)(F)C3C(=O)N([C@@H](C)C(=O)O)C[C@@H]32)NC(c2nccs2)=N[C@H]1c1cccc(F)c1C. The summed E-state index contributed by atoms with van der Waals surface area (Å²) >= 11 is 1.26. The highest BCUT2D eigenvalue weighted by Crippen LogP contribution is 2.44. The van der Waals surface area contributed by atoms with Crippen molar-refractivity contribution >= 4 is 35.0 Å². The largest absolute Gasteiger partial charge is 0.480 e. The fraction of sp³-hybridized carbons (Fsp3) is 0.444. The molecule has 2 aromatic rings. The molecule has 4 atom stereocenters. The number of amidine groups is 1. The van der Waals surface area contributed by atoms with Crippen LogP contribution < -0.4 is 5.32 Å². The van der Waals surface area contributed by atoms with E-state index >= 15 is 8.78 Å². The molecule has 41 heavy (non-hydrogen) atoms. The quantitative estimate of drug-likeness (QED) is 0.450. The van der Waals surface area contributed by atoms with E-state index in [2.05, 4.69) is 10.3 Å². The van der Waals surface area contributed by atoms with Gasteiger partial charge in [0.05, 0.1) is 18.7 Å². The maximum atomic E-state index is 15.3. The number of nitrogens with zero attached hydrogens (tertiary/aromatic N) is 4. The normalized spacial score (nSPS) is 24.6. The number of thiazole rings is 1. The van der Waals surface area contributed by atoms with Gasteiger partial charge in [-0.1, -0.05) is 12.1 Å². The van der Waals surface area contributed by atoms with Gasteiger partial charge in [-0.05, 0) is 38.0 Å². The summed E-state index contributed by atoms with van der Waals surface area (Å²) in [5.41, 5.74) is 0.872. The second-order valence-corrected chi connectivity index (χ2v) is 11.0. The highest BCUT2D eigenvalue weighted by molar-refractivity contribution is 7.11. The number of hydrogen-bond donors (Lipinski definition) is 2. The number of amides is 1. The van der Waals surface area contributed by atoms with Crippen LogP contribution in [0.15, 0.2) is 46.0 Å². The van der Waals surface area contributed by atoms with Gasteiger partial charge in [0.15, 0.2) is 10.8 Å². The van der Waals surface area contributed by atoms with Gasteiger partial charge in [0.1, 0.15) is 23.8 Å². The van der Waals surface area contributed by atoms with Crippen LogP contribution >= 0.6 is 11.3 Å². The number of carboxylic acid groups (broad SMARTS) is 1. The maximum absolute atomic E-state index is 15.3. The van der Waals surface area contributed by atoms with Gasteiger partial charge in [0.2, 0.25) is 5.91 Å². The molecule has 2 N–H and O–H groups in total. The number of benzene rings is 1. The molecule has 2 saturated heterocycles. The molecule has 218 valence electrons. The van der Waals surface area contributed by atoms with Gasteiger partial charge in [-0.15, -0.1) is 11.3 Å². The van der Waals surface area contributed by atoms with Gasteiger partial charge >= 0.3 is 11.9 Å². The van der Waals surface area contributed by atoms with Crippen LogP contribution in [0, 0.1) is 18.7 Å². The third-order valence-corrected chi connectivity index (χ3v) is 8.48. The van der Waals surface area contributed by atoms with Gasteiger partial charge < -0.3 is 20.1 Å². The number of aliphatic carboxylic acids is 1. The highest BCUT2D eigenvalue weighted by Gasteiger charge is 2.63. The lowest BCUT2D eigenvalue weighted by atomic mass is 9.92. The molecule has 3 aliphatic heterocycles. The summed E-state index contributed by atoms with van der Waals surface area (Å²) < 4.78 is 50.5. The first-order valence-electron chi connectivity index (χ1n) is 13.0. The molecule has 0 spiro atoms. The Kier molecular flexibility index (Phi) is 7.64. The fourth-order valence-electron chi connectivity index (χ4n) is 5.64. The second kappa shape index (κ2) is 10.9. The van der Waals surface area contributed by atoms with E-state index in [4.69, 9.17) is 9.73 Å². The number of carboxylic acids is 1. The Bertz CT molecular complexity index is 1450. The number of fused-ring (bicyclic) bond motifs is 1. The van der Waals surface area contributed by atoms with Crippen molar-refractivity contribution in [3.63, 3.8) is 0 Å². The molecule has 3 aliphatic rings. The summed E-state index contributed by atoms with van der Waals surface area (Å²) in [6, 6.07) is 1.09. The number of likely N-dealkylation sites (tertiary alicyclic amines) is 2. The summed E-state index contributed by atoms with van der Waals surface area (Å²) in [5.74, 6) is -8.37. The molecular formula is C27H28F3N5O5S. The van der Waals surface area contributed by atoms with Crippen LogP contribution in [-0.2, 0) is 19.1 Å². The van der Waals surface area contributed by atoms with Crippen LogP contribution in [0.4, 0.5) is 13.2 Å². The minimum atomic E-state index is -3.43. The van der Waals surface area contributed by atoms with Crippen molar-refractivity contribution in [3.8, 4) is 0 Å². The Labute approximate surface area is 237 Å². The number of halogens is 3. The highest BCUT2D eigenvalue weighted by atomic mass is 32.1. The van der Waals surface area contributed by atoms with Crippen molar-refractivity contribution in [2.45, 2.75) is 44.8 Å². The van der Waals surface area contributed by atoms with Gasteiger partial charge in [0, 0.05) is 36.4 Å². The van der Waals surface area contributed by atoms with E-state index in [1.165, 1.54) is 35.3 Å². The Hall–Kier alpha value is -3.78. The van der Waals surface area contributed by atoms with E-state index in [0.29, 0.717) is 10.6 Å². The molecule has 1 amide bonds. The molecule has 0 radical (unpaired) electrons. The molecule has 0 aliphatic carbocycles. The molecule has 14 heteroatoms. The Morgan fingerprint density at radius 3 is 2.76 bits per heavy atom. The number of esters is 1. The topological polar surface area (TPSA) is 124 Å². The Morgan fingerprint density at radius 1 is 1.34 bits per heavy atom. The molecule has 2 fully saturated rings. The number of alkyl halides is 2. The number of nitrogens with one attached hydrogen (secondary N) is 1. The van der Waals surface area contributed by atoms with Crippen molar-refractivity contribution in [2.75, 3.05) is 26.2 Å². The van der Waals surface area contributed by atoms with E-state index in [-0.39, 0.29) is 42.4 Å². The van der Waals surface area contributed by atoms with Crippen LogP contribution in [0.25, 0.3) is 0 Å². The van der Waals surface area contributed by atoms with E-state index in [1.54, 1.807) is 31.5 Å². The van der Waals surface area contributed by atoms with Crippen LogP contribution in [0.5, 0.6) is 0 Å². The molecule has 5 rings (SSSR count). The van der Waals surface area contributed by atoms with Crippen LogP contribution in [-0.4, -0.2) is 87.8 Å². The van der Waals surface area contributed by atoms with Gasteiger partial charge in [-0.25, -0.2) is 27.7 Å². The average molecular weight is 592 g/mol. The third kappa shape index (κ3) is 5.10. The minimum absolute atomic E-state index is 0.0210. The lowest BCUT2D eigenvalue weighted by molar-refractivity contribution is -0.152. The van der Waals surface area contributed by atoms with E-state index in [1.807, 2.05) is 0 Å². The molecule has 0 saturated carbocycles. The first kappa shape index (κ1) is 28.7. The third-order valence-electron chi connectivity index (χ3n) is 7.70. The van der Waals surface area contributed by atoms with Crippen LogP contribution in [0.2, 0.25) is 0 Å². The number of rotatable bonds is 8. The zero-order valence-corrected chi connectivity index (χ0v) is 23.3. The molecule has 4 heterocycles.